The number of aromatic nitrogens is 1. The van der Waals surface area contributed by atoms with E-state index in [9.17, 15) is 24.3 Å². The number of nitrogens with zero attached hydrogens (tertiary/aromatic N) is 1. The van der Waals surface area contributed by atoms with Crippen LogP contribution in [0.3, 0.4) is 0 Å². The molecule has 1 aliphatic heterocycles. The van der Waals surface area contributed by atoms with Crippen molar-refractivity contribution in [3.63, 3.8) is 0 Å². The van der Waals surface area contributed by atoms with Crippen molar-refractivity contribution in [3.05, 3.63) is 84.2 Å². The Morgan fingerprint density at radius 2 is 1.68 bits per heavy atom. The number of halogens is 1. The molecule has 2 atom stereocenters. The van der Waals surface area contributed by atoms with E-state index >= 15 is 4.39 Å². The summed E-state index contributed by atoms with van der Waals surface area (Å²) in [6, 6.07) is 18.0. The van der Waals surface area contributed by atoms with E-state index in [0.29, 0.717) is 47.4 Å². The summed E-state index contributed by atoms with van der Waals surface area (Å²) >= 11 is 0. The molecular formula is C30H28FN5O5. The van der Waals surface area contributed by atoms with Crippen LogP contribution in [0.15, 0.2) is 72.8 Å². The SMILES string of the molecule is CC(=O)Nc1ccc(-c2[nH]c3ccc(NC(=O)[C@@H]4CCCN4C(=O)[C@@H](NC(=O)O)c4ccccc4)cc3c2F)cc1. The predicted octanol–water partition coefficient (Wildman–Crippen LogP) is 4.87. The fraction of sp³-hybridized carbons (Fsp3) is 0.200. The van der Waals surface area contributed by atoms with Gasteiger partial charge in [-0.2, -0.15) is 0 Å². The first-order valence-electron chi connectivity index (χ1n) is 13.1. The number of rotatable bonds is 7. The number of carbonyl (C=O) groups excluding carboxylic acids is 3. The molecular weight excluding hydrogens is 529 g/mol. The highest BCUT2D eigenvalue weighted by Crippen LogP contribution is 2.32. The molecule has 0 aliphatic carbocycles. The maximum Gasteiger partial charge on any atom is 0.405 e. The molecule has 0 unspecified atom stereocenters. The molecule has 0 spiro atoms. The lowest BCUT2D eigenvalue weighted by Gasteiger charge is -2.28. The summed E-state index contributed by atoms with van der Waals surface area (Å²) in [5.74, 6) is -1.66. The summed E-state index contributed by atoms with van der Waals surface area (Å²) in [6.45, 7) is 1.71. The highest BCUT2D eigenvalue weighted by Gasteiger charge is 2.38. The molecule has 2 heterocycles. The fourth-order valence-corrected chi connectivity index (χ4v) is 5.11. The number of hydrogen-bond donors (Lipinski definition) is 5. The first-order valence-corrected chi connectivity index (χ1v) is 13.1. The van der Waals surface area contributed by atoms with E-state index in [1.807, 2.05) is 0 Å². The van der Waals surface area contributed by atoms with E-state index in [2.05, 4.69) is 20.9 Å². The van der Waals surface area contributed by atoms with Crippen molar-refractivity contribution in [1.82, 2.24) is 15.2 Å². The fourth-order valence-electron chi connectivity index (χ4n) is 5.11. The van der Waals surface area contributed by atoms with E-state index in [4.69, 9.17) is 0 Å². The standard InChI is InChI=1S/C30H28FN5O5/c1-17(37)32-20-11-9-19(10-12-20)26-25(31)22-16-21(13-14-23(22)34-26)33-28(38)24-8-5-15-36(24)29(39)27(35-30(40)41)18-6-3-2-4-7-18/h2-4,6-7,9-14,16,24,27,34-35H,5,8,15H2,1H3,(H,32,37)(H,33,38)(H,40,41)/t24-,27-/m0/s1. The summed E-state index contributed by atoms with van der Waals surface area (Å²) in [6.07, 6.45) is -0.364. The van der Waals surface area contributed by atoms with Crippen LogP contribution in [0.2, 0.25) is 0 Å². The molecule has 4 aromatic rings. The highest BCUT2D eigenvalue weighted by atomic mass is 19.1. The largest absolute Gasteiger partial charge is 0.465 e. The molecule has 5 N–H and O–H groups in total. The van der Waals surface area contributed by atoms with Gasteiger partial charge in [-0.25, -0.2) is 9.18 Å². The molecule has 41 heavy (non-hydrogen) atoms. The molecule has 5 rings (SSSR count). The maximum atomic E-state index is 15.4. The van der Waals surface area contributed by atoms with Crippen molar-refractivity contribution >= 4 is 46.1 Å². The summed E-state index contributed by atoms with van der Waals surface area (Å²) in [5.41, 5.74) is 2.81. The van der Waals surface area contributed by atoms with E-state index in [0.717, 1.165) is 0 Å². The van der Waals surface area contributed by atoms with Crippen molar-refractivity contribution in [2.45, 2.75) is 31.8 Å². The normalized spacial score (nSPS) is 15.4. The van der Waals surface area contributed by atoms with Gasteiger partial charge in [-0.05, 0) is 48.7 Å². The second-order valence-electron chi connectivity index (χ2n) is 9.80. The number of amides is 4. The van der Waals surface area contributed by atoms with Crippen LogP contribution in [0, 0.1) is 5.82 Å². The molecule has 0 bridgehead atoms. The van der Waals surface area contributed by atoms with Crippen LogP contribution in [-0.4, -0.2) is 51.4 Å². The number of H-pyrrole nitrogens is 1. The Labute approximate surface area is 234 Å². The maximum absolute atomic E-state index is 15.4. The van der Waals surface area contributed by atoms with Gasteiger partial charge in [-0.1, -0.05) is 42.5 Å². The van der Waals surface area contributed by atoms with E-state index in [1.54, 1.807) is 66.7 Å². The lowest BCUT2D eigenvalue weighted by atomic mass is 10.0. The van der Waals surface area contributed by atoms with Crippen molar-refractivity contribution < 1.29 is 28.7 Å². The Hall–Kier alpha value is -5.19. The van der Waals surface area contributed by atoms with Crippen molar-refractivity contribution in [1.29, 1.82) is 0 Å². The minimum absolute atomic E-state index is 0.206. The molecule has 0 saturated carbocycles. The number of anilines is 2. The average Bonchev–Trinajstić information content (AvgIpc) is 3.57. The predicted molar refractivity (Wildman–Crippen MR) is 152 cm³/mol. The Kier molecular flexibility index (Phi) is 7.68. The van der Waals surface area contributed by atoms with Gasteiger partial charge in [0.2, 0.25) is 11.8 Å². The van der Waals surface area contributed by atoms with Gasteiger partial charge in [0.05, 0.1) is 5.69 Å². The van der Waals surface area contributed by atoms with Crippen LogP contribution in [0.5, 0.6) is 0 Å². The Bertz CT molecular complexity index is 1620. The molecule has 10 nitrogen and oxygen atoms in total. The lowest BCUT2D eigenvalue weighted by Crippen LogP contribution is -2.48. The van der Waals surface area contributed by atoms with Crippen molar-refractivity contribution in [2.24, 2.45) is 0 Å². The third kappa shape index (κ3) is 5.88. The molecule has 1 aromatic heterocycles. The first-order chi connectivity index (χ1) is 19.7. The highest BCUT2D eigenvalue weighted by molar-refractivity contribution is 6.00. The van der Waals surface area contributed by atoms with Gasteiger partial charge in [-0.15, -0.1) is 0 Å². The number of carbonyl (C=O) groups is 4. The Morgan fingerprint density at radius 3 is 2.37 bits per heavy atom. The molecule has 210 valence electrons. The Balaban J connectivity index is 1.34. The van der Waals surface area contributed by atoms with Gasteiger partial charge < -0.3 is 30.9 Å². The second kappa shape index (κ2) is 11.5. The first kappa shape index (κ1) is 27.4. The average molecular weight is 558 g/mol. The Morgan fingerprint density at radius 1 is 0.976 bits per heavy atom. The molecule has 0 radical (unpaired) electrons. The zero-order chi connectivity index (χ0) is 29.1. The zero-order valence-electron chi connectivity index (χ0n) is 22.1. The summed E-state index contributed by atoms with van der Waals surface area (Å²) in [4.78, 5) is 53.9. The van der Waals surface area contributed by atoms with Crippen LogP contribution >= 0.6 is 0 Å². The van der Waals surface area contributed by atoms with Gasteiger partial charge in [0.25, 0.3) is 5.91 Å². The van der Waals surface area contributed by atoms with Gasteiger partial charge in [0, 0.05) is 41.3 Å². The van der Waals surface area contributed by atoms with Gasteiger partial charge in [0.1, 0.15) is 12.1 Å². The smallest absolute Gasteiger partial charge is 0.405 e. The second-order valence-corrected chi connectivity index (χ2v) is 9.80. The molecule has 1 fully saturated rings. The number of likely N-dealkylation sites (tertiary alicyclic amines) is 1. The van der Waals surface area contributed by atoms with E-state index in [-0.39, 0.29) is 17.0 Å². The van der Waals surface area contributed by atoms with Crippen LogP contribution in [0.4, 0.5) is 20.6 Å². The number of carboxylic acid groups (broad SMARTS) is 1. The van der Waals surface area contributed by atoms with Crippen molar-refractivity contribution in [2.75, 3.05) is 17.2 Å². The van der Waals surface area contributed by atoms with Crippen LogP contribution < -0.4 is 16.0 Å². The van der Waals surface area contributed by atoms with E-state index < -0.39 is 35.8 Å². The van der Waals surface area contributed by atoms with Crippen LogP contribution in [-0.2, 0) is 14.4 Å². The molecule has 11 heteroatoms. The monoisotopic (exact) mass is 557 g/mol. The summed E-state index contributed by atoms with van der Waals surface area (Å²) < 4.78 is 15.4. The minimum atomic E-state index is -1.35. The molecule has 1 saturated heterocycles. The van der Waals surface area contributed by atoms with Gasteiger partial charge in [-0.3, -0.25) is 14.4 Å². The quantitative estimate of drug-likeness (QED) is 0.220. The topological polar surface area (TPSA) is 144 Å². The van der Waals surface area contributed by atoms with Crippen LogP contribution in [0.1, 0.15) is 31.4 Å². The third-order valence-corrected chi connectivity index (χ3v) is 6.98. The number of hydrogen-bond acceptors (Lipinski definition) is 4. The van der Waals surface area contributed by atoms with Gasteiger partial charge in [0.15, 0.2) is 5.82 Å². The molecule has 1 aliphatic rings. The zero-order valence-corrected chi connectivity index (χ0v) is 22.1. The summed E-state index contributed by atoms with van der Waals surface area (Å²) in [7, 11) is 0. The van der Waals surface area contributed by atoms with Gasteiger partial charge >= 0.3 is 6.09 Å². The molecule has 4 amide bonds. The lowest BCUT2D eigenvalue weighted by molar-refractivity contribution is -0.138. The number of aromatic amines is 1. The van der Waals surface area contributed by atoms with Crippen molar-refractivity contribution in [3.8, 4) is 11.3 Å². The molecule has 3 aromatic carbocycles. The number of benzene rings is 3. The third-order valence-electron chi connectivity index (χ3n) is 6.98. The number of fused-ring (bicyclic) bond motifs is 1. The van der Waals surface area contributed by atoms with Crippen LogP contribution in [0.25, 0.3) is 22.2 Å². The minimum Gasteiger partial charge on any atom is -0.465 e. The number of nitrogens with one attached hydrogen (secondary N) is 4. The summed E-state index contributed by atoms with van der Waals surface area (Å²) in [5, 5.41) is 17.3. The van der Waals surface area contributed by atoms with E-state index in [1.165, 1.54) is 17.9 Å².